The Hall–Kier alpha value is -1.23. The zero-order chi connectivity index (χ0) is 13.0. The van der Waals surface area contributed by atoms with E-state index in [0.29, 0.717) is 0 Å². The van der Waals surface area contributed by atoms with Crippen molar-refractivity contribution in [3.05, 3.63) is 51.5 Å². The quantitative estimate of drug-likeness (QED) is 0.642. The van der Waals surface area contributed by atoms with E-state index in [1.165, 1.54) is 21.6 Å². The number of hydrogen-bond donors (Lipinski definition) is 2. The first kappa shape index (κ1) is 13.2. The molecule has 1 atom stereocenters. The van der Waals surface area contributed by atoms with Gasteiger partial charge in [-0.1, -0.05) is 18.2 Å². The molecule has 18 heavy (non-hydrogen) atoms. The summed E-state index contributed by atoms with van der Waals surface area (Å²) in [5.74, 6) is 5.64. The van der Waals surface area contributed by atoms with E-state index in [-0.39, 0.29) is 6.04 Å². The number of nitrogens with zero attached hydrogens (tertiary/aromatic N) is 1. The highest BCUT2D eigenvalue weighted by Gasteiger charge is 2.10. The molecule has 0 aliphatic rings. The van der Waals surface area contributed by atoms with Crippen molar-refractivity contribution in [3.8, 4) is 0 Å². The lowest BCUT2D eigenvalue weighted by Crippen LogP contribution is -2.38. The van der Waals surface area contributed by atoms with Crippen LogP contribution in [0, 0.1) is 13.8 Å². The maximum atomic E-state index is 5.64. The number of nitrogens with one attached hydrogen (secondary N) is 1. The number of aryl methyl sites for hydroxylation is 2. The van der Waals surface area contributed by atoms with Crippen molar-refractivity contribution in [1.29, 1.82) is 0 Å². The van der Waals surface area contributed by atoms with Gasteiger partial charge >= 0.3 is 0 Å². The van der Waals surface area contributed by atoms with Crippen LogP contribution >= 0.6 is 11.3 Å². The Morgan fingerprint density at radius 3 is 2.72 bits per heavy atom. The largest absolute Gasteiger partial charge is 0.271 e. The maximum Gasteiger partial charge on any atom is 0.0794 e. The molecule has 0 fully saturated rings. The minimum atomic E-state index is 0.257. The van der Waals surface area contributed by atoms with Crippen LogP contribution in [0.4, 0.5) is 0 Å². The predicted molar refractivity (Wildman–Crippen MR) is 76.5 cm³/mol. The summed E-state index contributed by atoms with van der Waals surface area (Å²) in [6.45, 7) is 4.28. The molecule has 3 N–H and O–H groups in total. The fraction of sp³-hybridized carbons (Fsp3) is 0.357. The molecule has 0 bridgehead atoms. The van der Waals surface area contributed by atoms with Crippen LogP contribution < -0.4 is 11.3 Å². The van der Waals surface area contributed by atoms with Gasteiger partial charge in [0, 0.05) is 23.5 Å². The molecule has 1 heterocycles. The molecule has 1 aromatic heterocycles. The van der Waals surface area contributed by atoms with Gasteiger partial charge in [0.05, 0.1) is 5.51 Å². The van der Waals surface area contributed by atoms with Crippen LogP contribution in [0.1, 0.15) is 21.6 Å². The molecule has 0 aliphatic carbocycles. The van der Waals surface area contributed by atoms with Crippen LogP contribution in [-0.4, -0.2) is 11.0 Å². The summed E-state index contributed by atoms with van der Waals surface area (Å²) in [6, 6.07) is 6.85. The van der Waals surface area contributed by atoms with Gasteiger partial charge in [-0.05, 0) is 37.0 Å². The fourth-order valence-corrected chi connectivity index (χ4v) is 2.67. The van der Waals surface area contributed by atoms with E-state index in [0.717, 1.165) is 12.8 Å². The molecule has 0 saturated carbocycles. The monoisotopic (exact) mass is 261 g/mol. The normalized spacial score (nSPS) is 12.6. The minimum Gasteiger partial charge on any atom is -0.271 e. The molecular formula is C14H19N3S. The Labute approximate surface area is 112 Å². The van der Waals surface area contributed by atoms with Crippen molar-refractivity contribution in [2.24, 2.45) is 5.84 Å². The van der Waals surface area contributed by atoms with Crippen molar-refractivity contribution >= 4 is 11.3 Å². The van der Waals surface area contributed by atoms with Crippen LogP contribution in [0.5, 0.6) is 0 Å². The van der Waals surface area contributed by atoms with Crippen LogP contribution in [0.15, 0.2) is 29.9 Å². The molecule has 96 valence electrons. The number of rotatable bonds is 5. The standard InChI is InChI=1S/C14H19N3S/c1-10-3-4-12(5-11(10)2)6-13(17-15)7-14-8-16-9-18-14/h3-5,8-9,13,17H,6-7,15H2,1-2H3. The van der Waals surface area contributed by atoms with Gasteiger partial charge < -0.3 is 0 Å². The van der Waals surface area contributed by atoms with Gasteiger partial charge in [-0.2, -0.15) is 0 Å². The number of nitrogens with two attached hydrogens (primary N) is 1. The Kier molecular flexibility index (Phi) is 4.47. The van der Waals surface area contributed by atoms with Crippen molar-refractivity contribution in [1.82, 2.24) is 10.4 Å². The van der Waals surface area contributed by atoms with E-state index in [4.69, 9.17) is 5.84 Å². The number of aromatic nitrogens is 1. The molecule has 0 spiro atoms. The molecule has 2 rings (SSSR count). The smallest absolute Gasteiger partial charge is 0.0794 e. The number of thiazole rings is 1. The van der Waals surface area contributed by atoms with Crippen LogP contribution in [-0.2, 0) is 12.8 Å². The van der Waals surface area contributed by atoms with Crippen molar-refractivity contribution in [2.45, 2.75) is 32.7 Å². The molecule has 0 aliphatic heterocycles. The first-order valence-corrected chi connectivity index (χ1v) is 6.96. The lowest BCUT2D eigenvalue weighted by Gasteiger charge is -2.15. The third kappa shape index (κ3) is 3.38. The van der Waals surface area contributed by atoms with Gasteiger partial charge in [-0.25, -0.2) is 0 Å². The lowest BCUT2D eigenvalue weighted by atomic mass is 9.99. The van der Waals surface area contributed by atoms with E-state index in [1.807, 2.05) is 11.7 Å². The predicted octanol–water partition coefficient (Wildman–Crippen LogP) is 2.38. The van der Waals surface area contributed by atoms with Gasteiger partial charge in [0.2, 0.25) is 0 Å². The first-order chi connectivity index (χ1) is 8.69. The van der Waals surface area contributed by atoms with Gasteiger partial charge in [0.25, 0.3) is 0 Å². The topological polar surface area (TPSA) is 50.9 Å². The summed E-state index contributed by atoms with van der Waals surface area (Å²) >= 11 is 1.68. The molecule has 4 heteroatoms. The van der Waals surface area contributed by atoms with E-state index < -0.39 is 0 Å². The molecule has 0 radical (unpaired) electrons. The van der Waals surface area contributed by atoms with E-state index in [9.17, 15) is 0 Å². The van der Waals surface area contributed by atoms with Gasteiger partial charge in [-0.15, -0.1) is 11.3 Å². The van der Waals surface area contributed by atoms with E-state index in [1.54, 1.807) is 11.3 Å². The molecule has 3 nitrogen and oxygen atoms in total. The molecule has 0 saturated heterocycles. The second kappa shape index (κ2) is 6.09. The highest BCUT2D eigenvalue weighted by atomic mass is 32.1. The Bertz CT molecular complexity index is 494. The molecule has 1 aromatic carbocycles. The average molecular weight is 261 g/mol. The Morgan fingerprint density at radius 1 is 1.28 bits per heavy atom. The zero-order valence-electron chi connectivity index (χ0n) is 10.8. The summed E-state index contributed by atoms with van der Waals surface area (Å²) < 4.78 is 0. The van der Waals surface area contributed by atoms with E-state index >= 15 is 0 Å². The number of benzene rings is 1. The SMILES string of the molecule is Cc1ccc(CC(Cc2cncs2)NN)cc1C. The minimum absolute atomic E-state index is 0.257. The van der Waals surface area contributed by atoms with Crippen molar-refractivity contribution < 1.29 is 0 Å². The average Bonchev–Trinajstić information content (AvgIpc) is 2.86. The molecular weight excluding hydrogens is 242 g/mol. The molecule has 1 unspecified atom stereocenters. The summed E-state index contributed by atoms with van der Waals surface area (Å²) in [6.07, 6.45) is 3.78. The van der Waals surface area contributed by atoms with Crippen LogP contribution in [0.25, 0.3) is 0 Å². The summed E-state index contributed by atoms with van der Waals surface area (Å²) in [7, 11) is 0. The first-order valence-electron chi connectivity index (χ1n) is 6.08. The Balaban J connectivity index is 2.03. The zero-order valence-corrected chi connectivity index (χ0v) is 11.6. The summed E-state index contributed by atoms with van der Waals surface area (Å²) in [4.78, 5) is 5.36. The van der Waals surface area contributed by atoms with Gasteiger partial charge in [0.1, 0.15) is 0 Å². The summed E-state index contributed by atoms with van der Waals surface area (Å²) in [5, 5.41) is 0. The molecule has 0 amide bonds. The Morgan fingerprint density at radius 2 is 2.11 bits per heavy atom. The third-order valence-electron chi connectivity index (χ3n) is 3.22. The fourth-order valence-electron chi connectivity index (χ4n) is 1.99. The van der Waals surface area contributed by atoms with Crippen molar-refractivity contribution in [2.75, 3.05) is 0 Å². The van der Waals surface area contributed by atoms with Gasteiger partial charge in [-0.3, -0.25) is 16.3 Å². The lowest BCUT2D eigenvalue weighted by molar-refractivity contribution is 0.525. The second-order valence-corrected chi connectivity index (χ2v) is 5.63. The summed E-state index contributed by atoms with van der Waals surface area (Å²) in [5.41, 5.74) is 8.75. The van der Waals surface area contributed by atoms with Crippen molar-refractivity contribution in [3.63, 3.8) is 0 Å². The molecule has 2 aromatic rings. The highest BCUT2D eigenvalue weighted by molar-refractivity contribution is 7.09. The van der Waals surface area contributed by atoms with E-state index in [2.05, 4.69) is 42.5 Å². The second-order valence-electron chi connectivity index (χ2n) is 4.66. The number of hydrogen-bond acceptors (Lipinski definition) is 4. The van der Waals surface area contributed by atoms with Crippen LogP contribution in [0.3, 0.4) is 0 Å². The van der Waals surface area contributed by atoms with Crippen LogP contribution in [0.2, 0.25) is 0 Å². The highest BCUT2D eigenvalue weighted by Crippen LogP contribution is 2.14. The third-order valence-corrected chi connectivity index (χ3v) is 4.02. The maximum absolute atomic E-state index is 5.64. The number of hydrazine groups is 1. The van der Waals surface area contributed by atoms with Gasteiger partial charge in [0.15, 0.2) is 0 Å².